The standard InChI is InChI=1S/C15H21BrClNO/c1-4-13(5-2)18(9-8-16)15(19)12-7-6-11(3)14(17)10-12/h6-7,10,13H,4-5,8-9H2,1-3H3. The number of alkyl halides is 1. The Hall–Kier alpha value is -0.540. The van der Waals surface area contributed by atoms with E-state index in [1.165, 1.54) is 0 Å². The molecule has 1 rings (SSSR count). The molecule has 0 N–H and O–H groups in total. The molecule has 0 aliphatic heterocycles. The van der Waals surface area contributed by atoms with Gasteiger partial charge in [-0.2, -0.15) is 0 Å². The van der Waals surface area contributed by atoms with Gasteiger partial charge in [0.05, 0.1) is 0 Å². The largest absolute Gasteiger partial charge is 0.335 e. The molecule has 0 aromatic heterocycles. The quantitative estimate of drug-likeness (QED) is 0.685. The van der Waals surface area contributed by atoms with Crippen molar-refractivity contribution in [1.29, 1.82) is 0 Å². The Bertz CT molecular complexity index is 432. The normalized spacial score (nSPS) is 10.8. The van der Waals surface area contributed by atoms with Crippen LogP contribution in [0.3, 0.4) is 0 Å². The fraction of sp³-hybridized carbons (Fsp3) is 0.533. The zero-order valence-electron chi connectivity index (χ0n) is 11.7. The van der Waals surface area contributed by atoms with E-state index in [1.54, 1.807) is 6.07 Å². The molecule has 0 bridgehead atoms. The molecule has 0 radical (unpaired) electrons. The van der Waals surface area contributed by atoms with E-state index in [2.05, 4.69) is 29.8 Å². The zero-order valence-corrected chi connectivity index (χ0v) is 14.1. The van der Waals surface area contributed by atoms with Gasteiger partial charge in [-0.05, 0) is 37.5 Å². The van der Waals surface area contributed by atoms with Crippen LogP contribution in [0.4, 0.5) is 0 Å². The van der Waals surface area contributed by atoms with Crippen molar-refractivity contribution in [2.45, 2.75) is 39.7 Å². The van der Waals surface area contributed by atoms with Crippen molar-refractivity contribution in [3.05, 3.63) is 34.3 Å². The molecule has 2 nitrogen and oxygen atoms in total. The van der Waals surface area contributed by atoms with E-state index < -0.39 is 0 Å². The minimum atomic E-state index is 0.0649. The molecular formula is C15H21BrClNO. The van der Waals surface area contributed by atoms with E-state index in [-0.39, 0.29) is 11.9 Å². The molecule has 106 valence electrons. The summed E-state index contributed by atoms with van der Waals surface area (Å²) in [5.41, 5.74) is 1.66. The van der Waals surface area contributed by atoms with Crippen molar-refractivity contribution in [3.8, 4) is 0 Å². The molecule has 0 heterocycles. The van der Waals surface area contributed by atoms with Gasteiger partial charge >= 0.3 is 0 Å². The van der Waals surface area contributed by atoms with Crippen molar-refractivity contribution < 1.29 is 4.79 Å². The summed E-state index contributed by atoms with van der Waals surface area (Å²) in [4.78, 5) is 14.5. The highest BCUT2D eigenvalue weighted by Crippen LogP contribution is 2.20. The van der Waals surface area contributed by atoms with Crippen LogP contribution in [0.25, 0.3) is 0 Å². The van der Waals surface area contributed by atoms with Crippen molar-refractivity contribution in [1.82, 2.24) is 4.90 Å². The van der Waals surface area contributed by atoms with Crippen molar-refractivity contribution in [3.63, 3.8) is 0 Å². The van der Waals surface area contributed by atoms with E-state index in [1.807, 2.05) is 24.0 Å². The Morgan fingerprint density at radius 2 is 2.00 bits per heavy atom. The van der Waals surface area contributed by atoms with Crippen molar-refractivity contribution in [2.75, 3.05) is 11.9 Å². The first kappa shape index (κ1) is 16.5. The second kappa shape index (κ2) is 7.91. The number of hydrogen-bond acceptors (Lipinski definition) is 1. The molecule has 0 aliphatic rings. The second-order valence-electron chi connectivity index (χ2n) is 4.62. The van der Waals surface area contributed by atoms with Crippen LogP contribution in [0.1, 0.15) is 42.6 Å². The Morgan fingerprint density at radius 3 is 2.47 bits per heavy atom. The Balaban J connectivity index is 3.01. The zero-order chi connectivity index (χ0) is 14.4. The Morgan fingerprint density at radius 1 is 1.37 bits per heavy atom. The average molecular weight is 347 g/mol. The van der Waals surface area contributed by atoms with Gasteiger partial charge in [0, 0.05) is 28.5 Å². The summed E-state index contributed by atoms with van der Waals surface area (Å²) in [6.45, 7) is 6.89. The first-order valence-corrected chi connectivity index (χ1v) is 8.18. The molecule has 0 atom stereocenters. The Kier molecular flexibility index (Phi) is 6.87. The average Bonchev–Trinajstić information content (AvgIpc) is 2.41. The van der Waals surface area contributed by atoms with E-state index in [0.717, 1.165) is 30.3 Å². The van der Waals surface area contributed by atoms with Crippen LogP contribution in [0.15, 0.2) is 18.2 Å². The highest BCUT2D eigenvalue weighted by atomic mass is 79.9. The number of amides is 1. The number of carbonyl (C=O) groups excluding carboxylic acids is 1. The Labute approximate surface area is 129 Å². The summed E-state index contributed by atoms with van der Waals surface area (Å²) >= 11 is 9.53. The van der Waals surface area contributed by atoms with Gasteiger partial charge in [-0.15, -0.1) is 0 Å². The fourth-order valence-corrected chi connectivity index (χ4v) is 2.72. The van der Waals surface area contributed by atoms with Crippen molar-refractivity contribution >= 4 is 33.4 Å². The van der Waals surface area contributed by atoms with Gasteiger partial charge in [-0.3, -0.25) is 4.79 Å². The number of carbonyl (C=O) groups is 1. The third kappa shape index (κ3) is 4.22. The van der Waals surface area contributed by atoms with Crippen LogP contribution in [0.5, 0.6) is 0 Å². The summed E-state index contributed by atoms with van der Waals surface area (Å²) in [7, 11) is 0. The van der Waals surface area contributed by atoms with Crippen LogP contribution in [-0.4, -0.2) is 28.7 Å². The lowest BCUT2D eigenvalue weighted by Crippen LogP contribution is -2.41. The van der Waals surface area contributed by atoms with Gasteiger partial charge in [0.2, 0.25) is 0 Å². The smallest absolute Gasteiger partial charge is 0.254 e. The van der Waals surface area contributed by atoms with E-state index in [4.69, 9.17) is 11.6 Å². The lowest BCUT2D eigenvalue weighted by Gasteiger charge is -2.30. The molecule has 19 heavy (non-hydrogen) atoms. The third-order valence-corrected chi connectivity index (χ3v) is 4.15. The predicted molar refractivity (Wildman–Crippen MR) is 85.4 cm³/mol. The van der Waals surface area contributed by atoms with Crippen molar-refractivity contribution in [2.24, 2.45) is 0 Å². The highest BCUT2D eigenvalue weighted by molar-refractivity contribution is 9.09. The molecule has 1 aromatic carbocycles. The maximum atomic E-state index is 12.6. The molecule has 0 unspecified atom stereocenters. The summed E-state index contributed by atoms with van der Waals surface area (Å²) in [5, 5.41) is 1.43. The number of hydrogen-bond donors (Lipinski definition) is 0. The topological polar surface area (TPSA) is 20.3 Å². The molecule has 0 saturated heterocycles. The summed E-state index contributed by atoms with van der Waals surface area (Å²) in [6, 6.07) is 5.80. The van der Waals surface area contributed by atoms with Crippen LogP contribution in [-0.2, 0) is 0 Å². The van der Waals surface area contributed by atoms with Crippen LogP contribution in [0.2, 0.25) is 5.02 Å². The number of nitrogens with zero attached hydrogens (tertiary/aromatic N) is 1. The number of rotatable bonds is 6. The number of halogens is 2. The molecule has 4 heteroatoms. The molecule has 1 amide bonds. The van der Waals surface area contributed by atoms with E-state index >= 15 is 0 Å². The van der Waals surface area contributed by atoms with Crippen LogP contribution >= 0.6 is 27.5 Å². The minimum absolute atomic E-state index is 0.0649. The molecule has 0 saturated carbocycles. The molecule has 1 aromatic rings. The van der Waals surface area contributed by atoms with Crippen LogP contribution in [0, 0.1) is 6.92 Å². The lowest BCUT2D eigenvalue weighted by molar-refractivity contribution is 0.0683. The SMILES string of the molecule is CCC(CC)N(CCBr)C(=O)c1ccc(C)c(Cl)c1. The van der Waals surface area contributed by atoms with Crippen LogP contribution < -0.4 is 0 Å². The summed E-state index contributed by atoms with van der Waals surface area (Å²) < 4.78 is 0. The maximum Gasteiger partial charge on any atom is 0.254 e. The van der Waals surface area contributed by atoms with Gasteiger partial charge in [-0.1, -0.05) is 47.4 Å². The van der Waals surface area contributed by atoms with E-state index in [0.29, 0.717) is 10.6 Å². The lowest BCUT2D eigenvalue weighted by atomic mass is 10.1. The molecular weight excluding hydrogens is 326 g/mol. The first-order valence-electron chi connectivity index (χ1n) is 6.68. The van der Waals surface area contributed by atoms with Gasteiger partial charge in [0.1, 0.15) is 0 Å². The molecule has 0 fully saturated rings. The molecule has 0 spiro atoms. The molecule has 0 aliphatic carbocycles. The van der Waals surface area contributed by atoms with Gasteiger partial charge in [-0.25, -0.2) is 0 Å². The predicted octanol–water partition coefficient (Wildman–Crippen LogP) is 4.67. The highest BCUT2D eigenvalue weighted by Gasteiger charge is 2.22. The van der Waals surface area contributed by atoms with Gasteiger partial charge < -0.3 is 4.90 Å². The first-order chi connectivity index (χ1) is 9.04. The summed E-state index contributed by atoms with van der Waals surface area (Å²) in [6.07, 6.45) is 1.93. The van der Waals surface area contributed by atoms with E-state index in [9.17, 15) is 4.79 Å². The second-order valence-corrected chi connectivity index (χ2v) is 5.82. The number of aryl methyl sites for hydroxylation is 1. The third-order valence-electron chi connectivity index (χ3n) is 3.39. The van der Waals surface area contributed by atoms with Gasteiger partial charge in [0.25, 0.3) is 5.91 Å². The monoisotopic (exact) mass is 345 g/mol. The number of benzene rings is 1. The van der Waals surface area contributed by atoms with Gasteiger partial charge in [0.15, 0.2) is 0 Å². The minimum Gasteiger partial charge on any atom is -0.335 e. The maximum absolute atomic E-state index is 12.6. The fourth-order valence-electron chi connectivity index (χ4n) is 2.16. The summed E-state index contributed by atoms with van der Waals surface area (Å²) in [5.74, 6) is 0.0649.